The number of carbonyl (C=O) groups excluding carboxylic acids is 2. The summed E-state index contributed by atoms with van der Waals surface area (Å²) in [7, 11) is 0. The van der Waals surface area contributed by atoms with Gasteiger partial charge in [-0.05, 0) is 77.0 Å². The molecule has 0 saturated heterocycles. The molecule has 0 radical (unpaired) electrons. The Bertz CT molecular complexity index is 1370. The first kappa shape index (κ1) is 39.5. The highest BCUT2D eigenvalue weighted by Crippen LogP contribution is 2.18. The summed E-state index contributed by atoms with van der Waals surface area (Å²) < 4.78 is 17.0. The van der Waals surface area contributed by atoms with E-state index in [2.05, 4.69) is 16.0 Å². The minimum Gasteiger partial charge on any atom is -0.444 e. The molecule has 4 atom stereocenters. The summed E-state index contributed by atoms with van der Waals surface area (Å²) >= 11 is 0. The number of aliphatic hydroxyl groups excluding tert-OH is 2. The van der Waals surface area contributed by atoms with E-state index in [1.807, 2.05) is 105 Å². The third-order valence-electron chi connectivity index (χ3n) is 7.79. The first-order valence-electron chi connectivity index (χ1n) is 17.0. The molecule has 3 aromatic carbocycles. The van der Waals surface area contributed by atoms with Crippen LogP contribution >= 0.6 is 0 Å². The molecule has 0 aromatic heterocycles. The molecular formula is C39H55N3O7. The van der Waals surface area contributed by atoms with Crippen LogP contribution in [-0.4, -0.2) is 77.6 Å². The molecule has 0 aliphatic rings. The molecule has 3 aromatic rings. The molecule has 3 rings (SSSR count). The van der Waals surface area contributed by atoms with Crippen molar-refractivity contribution in [3.8, 4) is 0 Å². The molecule has 0 spiro atoms. The maximum absolute atomic E-state index is 13.1. The second-order valence-corrected chi connectivity index (χ2v) is 14.0. The van der Waals surface area contributed by atoms with Crippen molar-refractivity contribution in [1.82, 2.24) is 16.0 Å². The lowest BCUT2D eigenvalue weighted by Gasteiger charge is -2.30. The fraction of sp³-hybridized carbons (Fsp3) is 0.487. The van der Waals surface area contributed by atoms with Crippen molar-refractivity contribution in [2.24, 2.45) is 0 Å². The fourth-order valence-electron chi connectivity index (χ4n) is 5.27. The monoisotopic (exact) mass is 677 g/mol. The Morgan fingerprint density at radius 1 is 0.653 bits per heavy atom. The first-order chi connectivity index (χ1) is 23.3. The highest BCUT2D eigenvalue weighted by Gasteiger charge is 2.29. The molecule has 10 nitrogen and oxygen atoms in total. The molecule has 2 amide bonds. The van der Waals surface area contributed by atoms with E-state index in [1.54, 1.807) is 20.8 Å². The number of ether oxygens (including phenoxy) is 3. The second kappa shape index (κ2) is 19.9. The van der Waals surface area contributed by atoms with Crippen LogP contribution in [0.3, 0.4) is 0 Å². The summed E-state index contributed by atoms with van der Waals surface area (Å²) in [5, 5.41) is 31.2. The molecule has 0 unspecified atom stereocenters. The predicted octanol–water partition coefficient (Wildman–Crippen LogP) is 5.55. The highest BCUT2D eigenvalue weighted by atomic mass is 16.6. The Morgan fingerprint density at radius 3 is 1.53 bits per heavy atom. The van der Waals surface area contributed by atoms with Gasteiger partial charge in [-0.25, -0.2) is 9.59 Å². The van der Waals surface area contributed by atoms with E-state index in [9.17, 15) is 19.8 Å². The van der Waals surface area contributed by atoms with Gasteiger partial charge in [0.25, 0.3) is 0 Å². The van der Waals surface area contributed by atoms with Crippen molar-refractivity contribution in [3.05, 3.63) is 108 Å². The van der Waals surface area contributed by atoms with Gasteiger partial charge in [0.1, 0.15) is 11.2 Å². The van der Waals surface area contributed by atoms with Crippen LogP contribution in [0.15, 0.2) is 91.0 Å². The van der Waals surface area contributed by atoms with Gasteiger partial charge in [0.15, 0.2) is 0 Å². The molecule has 0 saturated carbocycles. The van der Waals surface area contributed by atoms with Crippen LogP contribution in [0.5, 0.6) is 0 Å². The summed E-state index contributed by atoms with van der Waals surface area (Å²) in [6, 6.07) is 27.7. The molecular weight excluding hydrogens is 622 g/mol. The number of hydrogen-bond donors (Lipinski definition) is 5. The zero-order valence-corrected chi connectivity index (χ0v) is 29.6. The average Bonchev–Trinajstić information content (AvgIpc) is 3.04. The topological polar surface area (TPSA) is 138 Å². The molecule has 268 valence electrons. The van der Waals surface area contributed by atoms with Crippen LogP contribution in [0.1, 0.15) is 64.2 Å². The SMILES string of the molecule is CC(C)(C)OC(=O)N[C@@H](Cc1ccccc1)[C@H](O)CNC[C@@H](O)[C@H](Cc1ccccc1)NC(=O)OC(C)(C)CCCOCc1ccccc1. The Morgan fingerprint density at radius 2 is 1.08 bits per heavy atom. The van der Waals surface area contributed by atoms with Gasteiger partial charge in [0.05, 0.1) is 30.9 Å². The van der Waals surface area contributed by atoms with Gasteiger partial charge in [-0.2, -0.15) is 0 Å². The van der Waals surface area contributed by atoms with E-state index < -0.39 is 47.7 Å². The number of amides is 2. The minimum atomic E-state index is -1.01. The van der Waals surface area contributed by atoms with Crippen LogP contribution < -0.4 is 16.0 Å². The summed E-state index contributed by atoms with van der Waals surface area (Å²) in [4.78, 5) is 25.7. The zero-order valence-electron chi connectivity index (χ0n) is 29.6. The number of hydrogen-bond acceptors (Lipinski definition) is 8. The van der Waals surface area contributed by atoms with Crippen molar-refractivity contribution in [2.45, 2.75) is 102 Å². The summed E-state index contributed by atoms with van der Waals surface area (Å²) in [6.07, 6.45) is -1.20. The normalized spacial score (nSPS) is 14.3. The largest absolute Gasteiger partial charge is 0.444 e. The summed E-state index contributed by atoms with van der Waals surface area (Å²) in [6.45, 7) is 10.2. The van der Waals surface area contributed by atoms with E-state index in [4.69, 9.17) is 14.2 Å². The number of nitrogens with one attached hydrogen (secondary N) is 3. The first-order valence-corrected chi connectivity index (χ1v) is 17.0. The quantitative estimate of drug-likeness (QED) is 0.104. The number of alkyl carbamates (subject to hydrolysis) is 2. The number of carbonyl (C=O) groups is 2. The Balaban J connectivity index is 1.54. The van der Waals surface area contributed by atoms with Crippen LogP contribution in [0.25, 0.3) is 0 Å². The summed E-state index contributed by atoms with van der Waals surface area (Å²) in [5.74, 6) is 0. The van der Waals surface area contributed by atoms with Crippen LogP contribution in [0, 0.1) is 0 Å². The van der Waals surface area contributed by atoms with Crippen molar-refractivity contribution < 1.29 is 34.0 Å². The van der Waals surface area contributed by atoms with E-state index in [-0.39, 0.29) is 13.1 Å². The van der Waals surface area contributed by atoms with Gasteiger partial charge in [-0.3, -0.25) is 0 Å². The van der Waals surface area contributed by atoms with Gasteiger partial charge in [-0.15, -0.1) is 0 Å². The van der Waals surface area contributed by atoms with Gasteiger partial charge >= 0.3 is 12.2 Å². The van der Waals surface area contributed by atoms with Crippen molar-refractivity contribution in [3.63, 3.8) is 0 Å². The van der Waals surface area contributed by atoms with E-state index in [1.165, 1.54) is 0 Å². The third kappa shape index (κ3) is 16.3. The molecule has 0 bridgehead atoms. The highest BCUT2D eigenvalue weighted by molar-refractivity contribution is 5.68. The number of benzene rings is 3. The van der Waals surface area contributed by atoms with Crippen molar-refractivity contribution in [2.75, 3.05) is 19.7 Å². The summed E-state index contributed by atoms with van der Waals surface area (Å²) in [5.41, 5.74) is 1.54. The fourth-order valence-corrected chi connectivity index (χ4v) is 5.27. The smallest absolute Gasteiger partial charge is 0.407 e. The third-order valence-corrected chi connectivity index (χ3v) is 7.79. The lowest BCUT2D eigenvalue weighted by molar-refractivity contribution is 0.0157. The van der Waals surface area contributed by atoms with Gasteiger partial charge < -0.3 is 40.4 Å². The van der Waals surface area contributed by atoms with Crippen molar-refractivity contribution >= 4 is 12.2 Å². The maximum atomic E-state index is 13.1. The molecule has 0 heterocycles. The Kier molecular flexibility index (Phi) is 16.0. The van der Waals surface area contributed by atoms with Crippen LogP contribution in [0.4, 0.5) is 9.59 Å². The minimum absolute atomic E-state index is 0.0709. The number of rotatable bonds is 19. The molecule has 0 aliphatic heterocycles. The van der Waals surface area contributed by atoms with Gasteiger partial charge in [-0.1, -0.05) is 91.0 Å². The maximum Gasteiger partial charge on any atom is 0.407 e. The molecule has 0 aliphatic carbocycles. The predicted molar refractivity (Wildman–Crippen MR) is 191 cm³/mol. The van der Waals surface area contributed by atoms with Crippen molar-refractivity contribution in [1.29, 1.82) is 0 Å². The Hall–Kier alpha value is -3.96. The van der Waals surface area contributed by atoms with Gasteiger partial charge in [0, 0.05) is 19.7 Å². The van der Waals surface area contributed by atoms with E-state index >= 15 is 0 Å². The molecule has 0 fully saturated rings. The van der Waals surface area contributed by atoms with Crippen LogP contribution in [0.2, 0.25) is 0 Å². The van der Waals surface area contributed by atoms with Crippen LogP contribution in [-0.2, 0) is 33.7 Å². The molecule has 10 heteroatoms. The second-order valence-electron chi connectivity index (χ2n) is 14.0. The number of aliphatic hydroxyl groups is 2. The Labute approximate surface area is 291 Å². The average molecular weight is 678 g/mol. The molecule has 49 heavy (non-hydrogen) atoms. The standard InChI is InChI=1S/C39H55N3O7/c1-38(2,3)48-36(45)41-32(24-29-16-9-6-10-17-29)34(43)26-40-27-35(44)33(25-30-18-11-7-12-19-30)42-37(46)49-39(4,5)22-15-23-47-28-31-20-13-8-14-21-31/h6-14,16-21,32-35,40,43-44H,15,22-28H2,1-5H3,(H,41,45)(H,42,46)/t32-,33-,34+,35+/m0/s1. The van der Waals surface area contributed by atoms with E-state index in [0.717, 1.165) is 16.7 Å². The van der Waals surface area contributed by atoms with Gasteiger partial charge in [0.2, 0.25) is 0 Å². The zero-order chi connectivity index (χ0) is 35.7. The van der Waals surface area contributed by atoms with E-state index in [0.29, 0.717) is 38.9 Å². The molecule has 5 N–H and O–H groups in total. The lowest BCUT2D eigenvalue weighted by Crippen LogP contribution is -2.53. The lowest BCUT2D eigenvalue weighted by atomic mass is 10.00.